The number of rotatable bonds is 8. The van der Waals surface area contributed by atoms with Crippen LogP contribution in [-0.2, 0) is 19.1 Å². The van der Waals surface area contributed by atoms with Gasteiger partial charge in [0.2, 0.25) is 11.8 Å². The van der Waals surface area contributed by atoms with Crippen LogP contribution < -0.4 is 11.1 Å². The molecule has 2 atom stereocenters. The number of hydrogen-bond donors (Lipinski definition) is 3. The topological polar surface area (TPSA) is 119 Å². The van der Waals surface area contributed by atoms with E-state index in [9.17, 15) is 14.4 Å². The molecule has 4 N–H and O–H groups in total. The lowest BCUT2D eigenvalue weighted by Gasteiger charge is -2.15. The van der Waals surface area contributed by atoms with Crippen LogP contribution in [0.15, 0.2) is 0 Å². The predicted octanol–water partition coefficient (Wildman–Crippen LogP) is -1.04. The molecule has 17 heavy (non-hydrogen) atoms. The smallest absolute Gasteiger partial charge is 0.307 e. The van der Waals surface area contributed by atoms with Crippen molar-refractivity contribution in [1.82, 2.24) is 5.32 Å². The minimum Gasteiger partial charge on any atom is -0.481 e. The summed E-state index contributed by atoms with van der Waals surface area (Å²) in [4.78, 5) is 32.4. The van der Waals surface area contributed by atoms with Gasteiger partial charge in [-0.05, 0) is 0 Å². The maximum atomic E-state index is 11.5. The lowest BCUT2D eigenvalue weighted by atomic mass is 9.95. The number of nitrogens with one attached hydrogen (secondary N) is 1. The molecule has 0 bridgehead atoms. The molecule has 7 nitrogen and oxygen atoms in total. The van der Waals surface area contributed by atoms with Gasteiger partial charge in [-0.1, -0.05) is 13.8 Å². The molecule has 98 valence electrons. The largest absolute Gasteiger partial charge is 0.481 e. The highest BCUT2D eigenvalue weighted by Gasteiger charge is 2.25. The van der Waals surface area contributed by atoms with Gasteiger partial charge in [-0.2, -0.15) is 0 Å². The third kappa shape index (κ3) is 6.52. The second-order valence-corrected chi connectivity index (χ2v) is 3.73. The molecule has 7 heteroatoms. The monoisotopic (exact) mass is 246 g/mol. The minimum absolute atomic E-state index is 0.156. The van der Waals surface area contributed by atoms with Crippen molar-refractivity contribution in [2.45, 2.75) is 13.8 Å². The number of ether oxygens (including phenoxy) is 1. The molecule has 0 saturated carbocycles. The average molecular weight is 246 g/mol. The molecule has 0 fully saturated rings. The van der Waals surface area contributed by atoms with E-state index in [4.69, 9.17) is 15.6 Å². The number of carbonyl (C=O) groups is 3. The van der Waals surface area contributed by atoms with Gasteiger partial charge in [0, 0.05) is 12.5 Å². The zero-order valence-electron chi connectivity index (χ0n) is 9.93. The van der Waals surface area contributed by atoms with Gasteiger partial charge in [-0.15, -0.1) is 0 Å². The number of nitrogens with two attached hydrogens (primary N) is 1. The Morgan fingerprint density at radius 3 is 2.35 bits per heavy atom. The van der Waals surface area contributed by atoms with Crippen LogP contribution in [0.1, 0.15) is 13.8 Å². The molecule has 2 amide bonds. The SMILES string of the molecule is CC(C(=O)O)C(C)C(=O)NCCOCC(N)=O. The molecule has 0 rings (SSSR count). The normalized spacial score (nSPS) is 13.8. The molecule has 0 aromatic carbocycles. The fraction of sp³-hybridized carbons (Fsp3) is 0.700. The highest BCUT2D eigenvalue weighted by molar-refractivity contribution is 5.84. The summed E-state index contributed by atoms with van der Waals surface area (Å²) in [6.07, 6.45) is 0. The van der Waals surface area contributed by atoms with Crippen LogP contribution in [0.3, 0.4) is 0 Å². The van der Waals surface area contributed by atoms with Gasteiger partial charge < -0.3 is 20.9 Å². The van der Waals surface area contributed by atoms with E-state index in [2.05, 4.69) is 5.32 Å². The fourth-order valence-electron chi connectivity index (χ4n) is 1.02. The second kappa shape index (κ2) is 7.61. The number of carboxylic acid groups (broad SMARTS) is 1. The summed E-state index contributed by atoms with van der Waals surface area (Å²) in [6, 6.07) is 0. The van der Waals surface area contributed by atoms with Gasteiger partial charge in [0.15, 0.2) is 0 Å². The van der Waals surface area contributed by atoms with Gasteiger partial charge in [-0.3, -0.25) is 14.4 Å². The van der Waals surface area contributed by atoms with Gasteiger partial charge in [0.1, 0.15) is 6.61 Å². The molecule has 0 aromatic heterocycles. The van der Waals surface area contributed by atoms with E-state index >= 15 is 0 Å². The van der Waals surface area contributed by atoms with Crippen molar-refractivity contribution in [2.75, 3.05) is 19.8 Å². The Labute approximate surface area is 99.3 Å². The van der Waals surface area contributed by atoms with Crippen LogP contribution in [0, 0.1) is 11.8 Å². The molecule has 0 aliphatic heterocycles. The summed E-state index contributed by atoms with van der Waals surface area (Å²) in [5.41, 5.74) is 4.84. The van der Waals surface area contributed by atoms with Crippen LogP contribution in [0.5, 0.6) is 0 Å². The number of carboxylic acids is 1. The van der Waals surface area contributed by atoms with Gasteiger partial charge in [0.25, 0.3) is 0 Å². The second-order valence-electron chi connectivity index (χ2n) is 3.73. The Kier molecular flexibility index (Phi) is 6.88. The first-order valence-electron chi connectivity index (χ1n) is 5.22. The molecule has 0 aliphatic carbocycles. The molecule has 0 aromatic rings. The summed E-state index contributed by atoms with van der Waals surface area (Å²) in [6.45, 7) is 3.18. The molecular weight excluding hydrogens is 228 g/mol. The number of primary amides is 1. The number of hydrogen-bond acceptors (Lipinski definition) is 4. The predicted molar refractivity (Wildman–Crippen MR) is 59.0 cm³/mol. The number of amides is 2. The van der Waals surface area contributed by atoms with E-state index in [-0.39, 0.29) is 25.7 Å². The summed E-state index contributed by atoms with van der Waals surface area (Å²) in [5, 5.41) is 11.2. The van der Waals surface area contributed by atoms with E-state index in [0.717, 1.165) is 0 Å². The highest BCUT2D eigenvalue weighted by Crippen LogP contribution is 2.10. The van der Waals surface area contributed by atoms with Crippen molar-refractivity contribution < 1.29 is 24.2 Å². The van der Waals surface area contributed by atoms with Crippen molar-refractivity contribution in [2.24, 2.45) is 17.6 Å². The van der Waals surface area contributed by atoms with Gasteiger partial charge in [0.05, 0.1) is 12.5 Å². The maximum Gasteiger partial charge on any atom is 0.307 e. The minimum atomic E-state index is -1.02. The van der Waals surface area contributed by atoms with Crippen molar-refractivity contribution in [3.8, 4) is 0 Å². The molecule has 0 aliphatic rings. The Balaban J connectivity index is 3.79. The fourth-order valence-corrected chi connectivity index (χ4v) is 1.02. The van der Waals surface area contributed by atoms with Crippen LogP contribution in [0.2, 0.25) is 0 Å². The summed E-state index contributed by atoms with van der Waals surface area (Å²) in [5.74, 6) is -3.32. The van der Waals surface area contributed by atoms with E-state index in [1.165, 1.54) is 6.92 Å². The van der Waals surface area contributed by atoms with Gasteiger partial charge >= 0.3 is 5.97 Å². The Morgan fingerprint density at radius 1 is 1.29 bits per heavy atom. The quantitative estimate of drug-likeness (QED) is 0.473. The molecule has 0 heterocycles. The lowest BCUT2D eigenvalue weighted by molar-refractivity contribution is -0.146. The first kappa shape index (κ1) is 15.4. The van der Waals surface area contributed by atoms with Crippen LogP contribution in [-0.4, -0.2) is 42.6 Å². The average Bonchev–Trinajstić information content (AvgIpc) is 2.25. The van der Waals surface area contributed by atoms with Crippen molar-refractivity contribution >= 4 is 17.8 Å². The van der Waals surface area contributed by atoms with E-state index in [0.29, 0.717) is 0 Å². The van der Waals surface area contributed by atoms with Crippen LogP contribution in [0.25, 0.3) is 0 Å². The Hall–Kier alpha value is -1.63. The molecule has 0 spiro atoms. The molecule has 0 radical (unpaired) electrons. The number of aliphatic carboxylic acids is 1. The van der Waals surface area contributed by atoms with Crippen molar-refractivity contribution in [3.63, 3.8) is 0 Å². The maximum absolute atomic E-state index is 11.5. The summed E-state index contributed by atoms with van der Waals surface area (Å²) >= 11 is 0. The van der Waals surface area contributed by atoms with E-state index in [1.807, 2.05) is 0 Å². The standard InChI is InChI=1S/C10H18N2O5/c1-6(7(2)10(15)16)9(14)12-3-4-17-5-8(11)13/h6-7H,3-5H2,1-2H3,(H2,11,13)(H,12,14)(H,15,16). The van der Waals surface area contributed by atoms with Crippen LogP contribution >= 0.6 is 0 Å². The van der Waals surface area contributed by atoms with Crippen molar-refractivity contribution in [3.05, 3.63) is 0 Å². The number of carbonyl (C=O) groups excluding carboxylic acids is 2. The summed E-state index contributed by atoms with van der Waals surface area (Å²) in [7, 11) is 0. The zero-order valence-corrected chi connectivity index (χ0v) is 9.93. The highest BCUT2D eigenvalue weighted by atomic mass is 16.5. The third-order valence-corrected chi connectivity index (χ3v) is 2.34. The molecule has 2 unspecified atom stereocenters. The first-order valence-corrected chi connectivity index (χ1v) is 5.22. The molecule has 0 saturated heterocycles. The summed E-state index contributed by atoms with van der Waals surface area (Å²) < 4.78 is 4.83. The molecular formula is C10H18N2O5. The van der Waals surface area contributed by atoms with Gasteiger partial charge in [-0.25, -0.2) is 0 Å². The van der Waals surface area contributed by atoms with E-state index < -0.39 is 23.7 Å². The van der Waals surface area contributed by atoms with Crippen LogP contribution in [0.4, 0.5) is 0 Å². The third-order valence-electron chi connectivity index (χ3n) is 2.34. The Bertz CT molecular complexity index is 292. The zero-order chi connectivity index (χ0) is 13.4. The lowest BCUT2D eigenvalue weighted by Crippen LogP contribution is -2.37. The van der Waals surface area contributed by atoms with E-state index in [1.54, 1.807) is 6.92 Å². The first-order chi connectivity index (χ1) is 7.86. The Morgan fingerprint density at radius 2 is 1.88 bits per heavy atom. The van der Waals surface area contributed by atoms with Crippen molar-refractivity contribution in [1.29, 1.82) is 0 Å².